The predicted octanol–water partition coefficient (Wildman–Crippen LogP) is 2.71. The Morgan fingerprint density at radius 1 is 1.23 bits per heavy atom. The molecule has 39 heavy (non-hydrogen) atoms. The average Bonchev–Trinajstić information content (AvgIpc) is 2.83. The van der Waals surface area contributed by atoms with Gasteiger partial charge >= 0.3 is 5.97 Å². The second kappa shape index (κ2) is 9.94. The predicted molar refractivity (Wildman–Crippen MR) is 141 cm³/mol. The number of hydrogen-bond acceptors (Lipinski definition) is 9. The fourth-order valence-corrected chi connectivity index (χ4v) is 7.20. The van der Waals surface area contributed by atoms with E-state index in [9.17, 15) is 29.7 Å². The maximum absolute atomic E-state index is 13.8. The van der Waals surface area contributed by atoms with Gasteiger partial charge in [0.05, 0.1) is 35.6 Å². The van der Waals surface area contributed by atoms with Crippen LogP contribution in [0.25, 0.3) is 0 Å². The van der Waals surface area contributed by atoms with Gasteiger partial charge < -0.3 is 29.5 Å². The number of fused-ring (bicyclic) bond motifs is 3. The van der Waals surface area contributed by atoms with Crippen LogP contribution < -0.4 is 0 Å². The first-order valence-corrected chi connectivity index (χ1v) is 13.7. The molecule has 9 heteroatoms. The van der Waals surface area contributed by atoms with Crippen LogP contribution in [0.4, 0.5) is 0 Å². The molecule has 0 bridgehead atoms. The number of Topliss-reactive ketones (excluding diaryl/α,β-unsaturated/α-hetero) is 1. The summed E-state index contributed by atoms with van der Waals surface area (Å²) in [6.45, 7) is 13.5. The standard InChI is InChI=1S/C30H42O9/c1-9-14(2)25(37-16(4)31)15(3)17-12-18(32)22-24(35)27-29(7,39-26(22)23(17)34)11-10-20-30(27,8)19(33)13-21(38-20)28(5,6)36/h9,12,15,19-21,24-25,27,33,35-36H,10-11,13H2,1-8H3. The quantitative estimate of drug-likeness (QED) is 0.270. The molecule has 216 valence electrons. The molecule has 0 aromatic heterocycles. The van der Waals surface area contributed by atoms with Crippen LogP contribution in [-0.4, -0.2) is 74.6 Å². The number of aliphatic hydroxyl groups excluding tert-OH is 2. The van der Waals surface area contributed by atoms with Gasteiger partial charge in [0, 0.05) is 36.2 Å². The molecule has 2 fully saturated rings. The molecule has 9 nitrogen and oxygen atoms in total. The van der Waals surface area contributed by atoms with Crippen molar-refractivity contribution in [3.63, 3.8) is 0 Å². The zero-order valence-electron chi connectivity index (χ0n) is 24.1. The van der Waals surface area contributed by atoms with Gasteiger partial charge in [0.2, 0.25) is 5.78 Å². The van der Waals surface area contributed by atoms with E-state index in [0.717, 1.165) is 5.57 Å². The summed E-state index contributed by atoms with van der Waals surface area (Å²) in [5.74, 6) is -3.14. The summed E-state index contributed by atoms with van der Waals surface area (Å²) >= 11 is 0. The number of rotatable bonds is 5. The highest BCUT2D eigenvalue weighted by molar-refractivity contribution is 6.22. The summed E-state index contributed by atoms with van der Waals surface area (Å²) in [7, 11) is 0. The van der Waals surface area contributed by atoms with Crippen molar-refractivity contribution in [3.05, 3.63) is 34.6 Å². The maximum atomic E-state index is 13.8. The van der Waals surface area contributed by atoms with Crippen LogP contribution in [0, 0.1) is 17.3 Å². The average molecular weight is 547 g/mol. The van der Waals surface area contributed by atoms with E-state index in [1.807, 2.05) is 6.92 Å². The Bertz CT molecular complexity index is 1160. The minimum atomic E-state index is -1.38. The van der Waals surface area contributed by atoms with Gasteiger partial charge in [-0.05, 0) is 59.1 Å². The summed E-state index contributed by atoms with van der Waals surface area (Å²) in [5, 5.41) is 33.7. The number of esters is 1. The third-order valence-electron chi connectivity index (χ3n) is 9.55. The highest BCUT2D eigenvalue weighted by Gasteiger charge is 2.67. The van der Waals surface area contributed by atoms with Crippen molar-refractivity contribution >= 4 is 17.5 Å². The summed E-state index contributed by atoms with van der Waals surface area (Å²) < 4.78 is 18.2. The molecule has 4 rings (SSSR count). The molecule has 2 aliphatic carbocycles. The normalized spacial score (nSPS) is 38.6. The van der Waals surface area contributed by atoms with Gasteiger partial charge in [-0.1, -0.05) is 19.9 Å². The fourth-order valence-electron chi connectivity index (χ4n) is 7.20. The van der Waals surface area contributed by atoms with Gasteiger partial charge in [0.25, 0.3) is 0 Å². The van der Waals surface area contributed by atoms with E-state index < -0.39 is 76.5 Å². The van der Waals surface area contributed by atoms with Crippen LogP contribution in [0.5, 0.6) is 0 Å². The van der Waals surface area contributed by atoms with Gasteiger partial charge in [-0.3, -0.25) is 14.4 Å². The molecule has 0 spiro atoms. The molecule has 4 aliphatic rings. The number of carbonyl (C=O) groups excluding carboxylic acids is 3. The highest BCUT2D eigenvalue weighted by Crippen LogP contribution is 2.59. The number of ether oxygens (including phenoxy) is 3. The van der Waals surface area contributed by atoms with Crippen molar-refractivity contribution in [3.8, 4) is 0 Å². The van der Waals surface area contributed by atoms with Crippen molar-refractivity contribution in [2.24, 2.45) is 17.3 Å². The van der Waals surface area contributed by atoms with E-state index in [1.54, 1.807) is 47.6 Å². The van der Waals surface area contributed by atoms with E-state index >= 15 is 0 Å². The lowest BCUT2D eigenvalue weighted by Crippen LogP contribution is -2.70. The third-order valence-corrected chi connectivity index (χ3v) is 9.55. The zero-order chi connectivity index (χ0) is 29.2. The molecule has 0 aromatic rings. The molecule has 2 heterocycles. The fraction of sp³-hybridized carbons (Fsp3) is 0.700. The molecule has 9 atom stereocenters. The second-order valence-corrected chi connectivity index (χ2v) is 12.6. The van der Waals surface area contributed by atoms with Crippen molar-refractivity contribution in [2.75, 3.05) is 0 Å². The van der Waals surface area contributed by atoms with Gasteiger partial charge in [0.1, 0.15) is 11.7 Å². The number of allylic oxidation sites excluding steroid dienone is 3. The maximum Gasteiger partial charge on any atom is 0.303 e. The SMILES string of the molecule is CC=C(C)C(OC(C)=O)C(C)C1=CC(=O)C2=C(OC3(C)CCC4OC(C(C)(C)O)CC(O)C4(C)C3C2O)C1=O. The lowest BCUT2D eigenvalue weighted by atomic mass is 9.51. The molecular weight excluding hydrogens is 504 g/mol. The number of aliphatic hydroxyl groups is 3. The molecular formula is C30H42O9. The van der Waals surface area contributed by atoms with E-state index in [-0.39, 0.29) is 23.3 Å². The van der Waals surface area contributed by atoms with Crippen LogP contribution >= 0.6 is 0 Å². The first kappa shape index (κ1) is 29.6. The largest absolute Gasteiger partial charge is 0.482 e. The number of carbonyl (C=O) groups is 3. The summed E-state index contributed by atoms with van der Waals surface area (Å²) in [4.78, 5) is 39.1. The Morgan fingerprint density at radius 2 is 1.87 bits per heavy atom. The Kier molecular flexibility index (Phi) is 7.56. The van der Waals surface area contributed by atoms with E-state index in [4.69, 9.17) is 14.2 Å². The Labute approximate surface area is 229 Å². The smallest absolute Gasteiger partial charge is 0.303 e. The van der Waals surface area contributed by atoms with Crippen LogP contribution in [0.15, 0.2) is 34.6 Å². The summed E-state index contributed by atoms with van der Waals surface area (Å²) in [6.07, 6.45) is -0.148. The van der Waals surface area contributed by atoms with Crippen molar-refractivity contribution in [1.29, 1.82) is 0 Å². The third kappa shape index (κ3) is 4.71. The van der Waals surface area contributed by atoms with Gasteiger partial charge in [-0.25, -0.2) is 0 Å². The van der Waals surface area contributed by atoms with Crippen molar-refractivity contribution in [1.82, 2.24) is 0 Å². The first-order chi connectivity index (χ1) is 18.0. The zero-order valence-corrected chi connectivity index (χ0v) is 24.1. The second-order valence-electron chi connectivity index (χ2n) is 12.6. The monoisotopic (exact) mass is 546 g/mol. The van der Waals surface area contributed by atoms with Gasteiger partial charge in [-0.15, -0.1) is 0 Å². The van der Waals surface area contributed by atoms with Crippen LogP contribution in [0.2, 0.25) is 0 Å². The molecule has 0 radical (unpaired) electrons. The highest BCUT2D eigenvalue weighted by atomic mass is 16.5. The lowest BCUT2D eigenvalue weighted by molar-refractivity contribution is -0.291. The van der Waals surface area contributed by atoms with Gasteiger partial charge in [0.15, 0.2) is 11.5 Å². The molecule has 2 aliphatic heterocycles. The van der Waals surface area contributed by atoms with Crippen molar-refractivity contribution in [2.45, 2.75) is 116 Å². The molecule has 0 amide bonds. The minimum Gasteiger partial charge on any atom is -0.482 e. The Morgan fingerprint density at radius 3 is 2.44 bits per heavy atom. The first-order valence-electron chi connectivity index (χ1n) is 13.7. The lowest BCUT2D eigenvalue weighted by Gasteiger charge is -2.63. The molecule has 0 aromatic carbocycles. The van der Waals surface area contributed by atoms with E-state index in [1.165, 1.54) is 13.0 Å². The van der Waals surface area contributed by atoms with Gasteiger partial charge in [-0.2, -0.15) is 0 Å². The van der Waals surface area contributed by atoms with E-state index in [0.29, 0.717) is 12.8 Å². The topological polar surface area (TPSA) is 140 Å². The Hall–Kier alpha value is -2.33. The Balaban J connectivity index is 1.71. The molecule has 1 saturated heterocycles. The molecule has 1 saturated carbocycles. The number of hydrogen-bond donors (Lipinski definition) is 3. The van der Waals surface area contributed by atoms with Crippen LogP contribution in [0.1, 0.15) is 74.7 Å². The molecule has 9 unspecified atom stereocenters. The summed E-state index contributed by atoms with van der Waals surface area (Å²) in [6, 6.07) is 0. The summed E-state index contributed by atoms with van der Waals surface area (Å²) in [5.41, 5.74) is -2.47. The van der Waals surface area contributed by atoms with Crippen LogP contribution in [-0.2, 0) is 28.6 Å². The van der Waals surface area contributed by atoms with Crippen molar-refractivity contribution < 1.29 is 43.9 Å². The van der Waals surface area contributed by atoms with E-state index in [2.05, 4.69) is 0 Å². The number of ketones is 2. The molecule has 3 N–H and O–H groups in total. The minimum absolute atomic E-state index is 0.121. The van der Waals surface area contributed by atoms with Crippen LogP contribution in [0.3, 0.4) is 0 Å².